The van der Waals surface area contributed by atoms with Gasteiger partial charge in [-0.15, -0.1) is 0 Å². The number of hydrogen-bond donors (Lipinski definition) is 0. The van der Waals surface area contributed by atoms with Crippen molar-refractivity contribution in [3.63, 3.8) is 0 Å². The monoisotopic (exact) mass is 260 g/mol. The van der Waals surface area contributed by atoms with Crippen molar-refractivity contribution in [2.75, 3.05) is 0 Å². The molecule has 0 nitrogen and oxygen atoms in total. The van der Waals surface area contributed by atoms with Crippen LogP contribution in [0.2, 0.25) is 0 Å². The molecule has 0 radical (unpaired) electrons. The summed E-state index contributed by atoms with van der Waals surface area (Å²) in [5.74, 6) is 0. The van der Waals surface area contributed by atoms with Crippen molar-refractivity contribution < 1.29 is 12.7 Å². The summed E-state index contributed by atoms with van der Waals surface area (Å²) in [5, 5.41) is 0. The molecule has 2 aliphatic rings. The number of hydrogen-bond acceptors (Lipinski definition) is 0. The number of halogens is 2. The first-order valence-corrected chi connectivity index (χ1v) is 6.59. The van der Waals surface area contributed by atoms with Crippen molar-refractivity contribution in [2.45, 2.75) is 12.8 Å². The standard InChI is InChI=1S/2C5H6.2ClH.Ni/c2*1-2-4-5-3-1;;;/h2*1-4H,5H2;2*1H;/q;;;;+2/p-2. The van der Waals surface area contributed by atoms with Crippen LogP contribution in [0.1, 0.15) is 12.8 Å². The van der Waals surface area contributed by atoms with E-state index in [1.165, 1.54) is 0 Å². The van der Waals surface area contributed by atoms with Crippen LogP contribution in [-0.2, 0) is 12.7 Å². The Hall–Kier alpha value is 0.0335. The molecule has 0 aromatic heterocycles. The molecular formula is C10H12Cl2Ni. The molecule has 0 spiro atoms. The van der Waals surface area contributed by atoms with E-state index >= 15 is 0 Å². The van der Waals surface area contributed by atoms with Crippen molar-refractivity contribution >= 4 is 20.4 Å². The summed E-state index contributed by atoms with van der Waals surface area (Å²) in [5.41, 5.74) is 0. The molecule has 0 amide bonds. The molecule has 0 fully saturated rings. The Balaban J connectivity index is 0.000000174. The first-order chi connectivity index (χ1) is 6.41. The van der Waals surface area contributed by atoms with Gasteiger partial charge in [-0.3, -0.25) is 0 Å². The van der Waals surface area contributed by atoms with E-state index in [2.05, 4.69) is 48.6 Å². The van der Waals surface area contributed by atoms with Gasteiger partial charge in [0.05, 0.1) is 0 Å². The predicted octanol–water partition coefficient (Wildman–Crippen LogP) is 4.38. The molecule has 0 saturated carbocycles. The second-order valence-electron chi connectivity index (χ2n) is 2.23. The molecule has 3 heteroatoms. The second-order valence-corrected chi connectivity index (χ2v) is 3.86. The van der Waals surface area contributed by atoms with Gasteiger partial charge in [0.25, 0.3) is 0 Å². The maximum atomic E-state index is 4.70. The molecule has 0 saturated heterocycles. The quantitative estimate of drug-likeness (QED) is 0.568. The van der Waals surface area contributed by atoms with Crippen LogP contribution in [0.4, 0.5) is 0 Å². The first-order valence-electron chi connectivity index (χ1n) is 3.87. The van der Waals surface area contributed by atoms with Gasteiger partial charge in [-0.1, -0.05) is 48.6 Å². The maximum absolute atomic E-state index is 4.70. The molecular weight excluding hydrogens is 250 g/mol. The molecule has 0 aliphatic heterocycles. The molecule has 76 valence electrons. The van der Waals surface area contributed by atoms with Crippen LogP contribution in [0.25, 0.3) is 0 Å². The van der Waals surface area contributed by atoms with Gasteiger partial charge in [0.1, 0.15) is 0 Å². The van der Waals surface area contributed by atoms with E-state index in [-0.39, 0.29) is 0 Å². The average molecular weight is 262 g/mol. The minimum absolute atomic E-state index is 0.569. The molecule has 0 aromatic rings. The van der Waals surface area contributed by atoms with Gasteiger partial charge in [0.2, 0.25) is 0 Å². The zero-order valence-corrected chi connectivity index (χ0v) is 9.60. The summed E-state index contributed by atoms with van der Waals surface area (Å²) in [6, 6.07) is 0. The zero-order valence-electron chi connectivity index (χ0n) is 7.11. The van der Waals surface area contributed by atoms with E-state index in [9.17, 15) is 0 Å². The van der Waals surface area contributed by atoms with Gasteiger partial charge in [-0.25, -0.2) is 0 Å². The molecule has 0 heterocycles. The van der Waals surface area contributed by atoms with E-state index in [0.29, 0.717) is 12.7 Å². The minimum atomic E-state index is 0.569. The molecule has 2 rings (SSSR count). The molecule has 0 N–H and O–H groups in total. The van der Waals surface area contributed by atoms with Crippen molar-refractivity contribution in [1.82, 2.24) is 0 Å². The van der Waals surface area contributed by atoms with Gasteiger partial charge in [0, 0.05) is 0 Å². The number of rotatable bonds is 0. The molecule has 0 unspecified atom stereocenters. The summed E-state index contributed by atoms with van der Waals surface area (Å²) < 4.78 is 0. The molecule has 13 heavy (non-hydrogen) atoms. The Morgan fingerprint density at radius 1 is 0.692 bits per heavy atom. The van der Waals surface area contributed by atoms with Gasteiger partial charge >= 0.3 is 33.0 Å². The second kappa shape index (κ2) is 12.0. The van der Waals surface area contributed by atoms with Crippen LogP contribution >= 0.6 is 20.4 Å². The molecule has 2 aliphatic carbocycles. The number of allylic oxidation sites excluding steroid dienone is 8. The normalized spacial score (nSPS) is 15.2. The molecule has 0 bridgehead atoms. The Kier molecular flexibility index (Phi) is 12.1. The first kappa shape index (κ1) is 13.0. The third-order valence-electron chi connectivity index (χ3n) is 1.31. The van der Waals surface area contributed by atoms with Crippen LogP contribution < -0.4 is 0 Å². The molecule has 0 atom stereocenters. The summed E-state index contributed by atoms with van der Waals surface area (Å²) in [7, 11) is 9.40. The fourth-order valence-corrected chi connectivity index (χ4v) is 0.786. The average Bonchev–Trinajstić information content (AvgIpc) is 2.85. The summed E-state index contributed by atoms with van der Waals surface area (Å²) in [6.45, 7) is 0. The van der Waals surface area contributed by atoms with Crippen LogP contribution in [0.5, 0.6) is 0 Å². The van der Waals surface area contributed by atoms with Crippen molar-refractivity contribution in [1.29, 1.82) is 0 Å². The fourth-order valence-electron chi connectivity index (χ4n) is 0.786. The van der Waals surface area contributed by atoms with Gasteiger partial charge in [0.15, 0.2) is 0 Å². The van der Waals surface area contributed by atoms with Crippen LogP contribution in [-0.4, -0.2) is 0 Å². The Morgan fingerprint density at radius 3 is 1.00 bits per heavy atom. The van der Waals surface area contributed by atoms with E-state index in [4.69, 9.17) is 20.4 Å². The Labute approximate surface area is 94.3 Å². The van der Waals surface area contributed by atoms with Crippen molar-refractivity contribution in [2.24, 2.45) is 0 Å². The third kappa shape index (κ3) is 12.0. The van der Waals surface area contributed by atoms with Crippen LogP contribution in [0.3, 0.4) is 0 Å². The Bertz CT molecular complexity index is 163. The van der Waals surface area contributed by atoms with E-state index < -0.39 is 0 Å². The van der Waals surface area contributed by atoms with Crippen LogP contribution in [0, 0.1) is 0 Å². The fraction of sp³-hybridized carbons (Fsp3) is 0.200. The summed E-state index contributed by atoms with van der Waals surface area (Å²) >= 11 is 0.569. The van der Waals surface area contributed by atoms with Crippen molar-refractivity contribution in [3.05, 3.63) is 48.6 Å². The van der Waals surface area contributed by atoms with E-state index in [0.717, 1.165) is 12.8 Å². The van der Waals surface area contributed by atoms with Crippen LogP contribution in [0.15, 0.2) is 48.6 Å². The van der Waals surface area contributed by atoms with E-state index in [1.807, 2.05) is 0 Å². The van der Waals surface area contributed by atoms with Crippen molar-refractivity contribution in [3.8, 4) is 0 Å². The molecule has 0 aromatic carbocycles. The Morgan fingerprint density at radius 2 is 0.923 bits per heavy atom. The SMILES string of the molecule is C1=CCC=C1.C1=CCC=C1.[Cl][Ni][Cl]. The summed E-state index contributed by atoms with van der Waals surface area (Å²) in [4.78, 5) is 0. The van der Waals surface area contributed by atoms with Gasteiger partial charge < -0.3 is 0 Å². The topological polar surface area (TPSA) is 0 Å². The van der Waals surface area contributed by atoms with Gasteiger partial charge in [-0.05, 0) is 12.8 Å². The summed E-state index contributed by atoms with van der Waals surface area (Å²) in [6.07, 6.45) is 19.0. The zero-order chi connectivity index (χ0) is 9.78. The van der Waals surface area contributed by atoms with E-state index in [1.54, 1.807) is 0 Å². The predicted molar refractivity (Wildman–Crippen MR) is 57.5 cm³/mol. The third-order valence-corrected chi connectivity index (χ3v) is 1.31. The van der Waals surface area contributed by atoms with Gasteiger partial charge in [-0.2, -0.15) is 0 Å².